The van der Waals surface area contributed by atoms with Crippen LogP contribution >= 0.6 is 0 Å². The summed E-state index contributed by atoms with van der Waals surface area (Å²) in [7, 11) is 0. The van der Waals surface area contributed by atoms with Crippen molar-refractivity contribution in [2.24, 2.45) is 0 Å². The molecule has 1 aromatic heterocycles. The number of amides is 1. The second-order valence-corrected chi connectivity index (χ2v) is 7.85. The van der Waals surface area contributed by atoms with Crippen LogP contribution in [0.2, 0.25) is 0 Å². The SMILES string of the molecule is Cc1ccc(-c2nc(CC(=O)NCC(C)(C)N3CCCC3)c(C)o2)cc1. The number of aromatic nitrogens is 1. The van der Waals surface area contributed by atoms with E-state index in [9.17, 15) is 4.79 Å². The summed E-state index contributed by atoms with van der Waals surface area (Å²) in [6.45, 7) is 11.2. The Bertz CT molecular complexity index is 756. The lowest BCUT2D eigenvalue weighted by Crippen LogP contribution is -2.50. The number of benzene rings is 1. The molecule has 1 N–H and O–H groups in total. The monoisotopic (exact) mass is 355 g/mol. The van der Waals surface area contributed by atoms with Crippen molar-refractivity contribution in [2.45, 2.75) is 52.5 Å². The molecule has 1 amide bonds. The van der Waals surface area contributed by atoms with Crippen LogP contribution in [0.15, 0.2) is 28.7 Å². The zero-order valence-electron chi connectivity index (χ0n) is 16.3. The van der Waals surface area contributed by atoms with Crippen LogP contribution in [0.25, 0.3) is 11.5 Å². The van der Waals surface area contributed by atoms with E-state index in [0.717, 1.165) is 18.7 Å². The Morgan fingerprint density at radius 2 is 1.85 bits per heavy atom. The molecule has 1 aliphatic rings. The molecule has 2 heterocycles. The van der Waals surface area contributed by atoms with Gasteiger partial charge in [0.05, 0.1) is 12.1 Å². The van der Waals surface area contributed by atoms with Crippen molar-refractivity contribution in [1.29, 1.82) is 0 Å². The van der Waals surface area contributed by atoms with Crippen molar-refractivity contribution in [2.75, 3.05) is 19.6 Å². The first-order valence-corrected chi connectivity index (χ1v) is 9.40. The van der Waals surface area contributed by atoms with E-state index in [0.29, 0.717) is 23.9 Å². The van der Waals surface area contributed by atoms with Crippen molar-refractivity contribution in [3.8, 4) is 11.5 Å². The van der Waals surface area contributed by atoms with Crippen LogP contribution in [-0.2, 0) is 11.2 Å². The molecule has 5 nitrogen and oxygen atoms in total. The smallest absolute Gasteiger partial charge is 0.226 e. The van der Waals surface area contributed by atoms with Gasteiger partial charge in [0.15, 0.2) is 0 Å². The van der Waals surface area contributed by atoms with Gasteiger partial charge >= 0.3 is 0 Å². The van der Waals surface area contributed by atoms with Gasteiger partial charge in [-0.1, -0.05) is 17.7 Å². The predicted octanol–water partition coefficient (Wildman–Crippen LogP) is 3.49. The summed E-state index contributed by atoms with van der Waals surface area (Å²) in [6, 6.07) is 8.04. The number of hydrogen-bond acceptors (Lipinski definition) is 4. The summed E-state index contributed by atoms with van der Waals surface area (Å²) in [5.41, 5.74) is 2.81. The Labute approximate surface area is 155 Å². The molecule has 0 bridgehead atoms. The van der Waals surface area contributed by atoms with Gasteiger partial charge in [-0.15, -0.1) is 0 Å². The fraction of sp³-hybridized carbons (Fsp3) is 0.524. The number of carbonyl (C=O) groups excluding carboxylic acids is 1. The molecule has 3 rings (SSSR count). The maximum absolute atomic E-state index is 12.4. The van der Waals surface area contributed by atoms with E-state index < -0.39 is 0 Å². The van der Waals surface area contributed by atoms with E-state index >= 15 is 0 Å². The molecule has 0 spiro atoms. The van der Waals surface area contributed by atoms with E-state index in [1.54, 1.807) is 0 Å². The van der Waals surface area contributed by atoms with E-state index in [2.05, 4.69) is 29.0 Å². The first-order chi connectivity index (χ1) is 12.3. The number of nitrogens with zero attached hydrogens (tertiary/aromatic N) is 2. The minimum Gasteiger partial charge on any atom is -0.441 e. The number of likely N-dealkylation sites (tertiary alicyclic amines) is 1. The Morgan fingerprint density at radius 3 is 2.50 bits per heavy atom. The highest BCUT2D eigenvalue weighted by Crippen LogP contribution is 2.23. The number of aryl methyl sites for hydroxylation is 2. The highest BCUT2D eigenvalue weighted by molar-refractivity contribution is 5.78. The topological polar surface area (TPSA) is 58.4 Å². The summed E-state index contributed by atoms with van der Waals surface area (Å²) in [5.74, 6) is 1.27. The average Bonchev–Trinajstić information content (AvgIpc) is 3.25. The van der Waals surface area contributed by atoms with Crippen molar-refractivity contribution in [3.63, 3.8) is 0 Å². The minimum atomic E-state index is -0.0158. The lowest BCUT2D eigenvalue weighted by Gasteiger charge is -2.35. The fourth-order valence-corrected chi connectivity index (χ4v) is 3.38. The van der Waals surface area contributed by atoms with E-state index in [-0.39, 0.29) is 17.9 Å². The predicted molar refractivity (Wildman–Crippen MR) is 103 cm³/mol. The normalized spacial score (nSPS) is 15.4. The molecular formula is C21H29N3O2. The third kappa shape index (κ3) is 4.33. The molecule has 1 aliphatic heterocycles. The first-order valence-electron chi connectivity index (χ1n) is 9.40. The Kier molecular flexibility index (Phi) is 5.47. The molecule has 0 aliphatic carbocycles. The number of hydrogen-bond donors (Lipinski definition) is 1. The third-order valence-corrected chi connectivity index (χ3v) is 5.20. The molecule has 1 aromatic carbocycles. The van der Waals surface area contributed by atoms with Gasteiger partial charge in [0.25, 0.3) is 0 Å². The highest BCUT2D eigenvalue weighted by atomic mass is 16.4. The number of oxazole rings is 1. The van der Waals surface area contributed by atoms with E-state index in [1.807, 2.05) is 38.1 Å². The zero-order chi connectivity index (χ0) is 18.7. The molecule has 5 heteroatoms. The van der Waals surface area contributed by atoms with Gasteiger partial charge in [0, 0.05) is 17.6 Å². The fourth-order valence-electron chi connectivity index (χ4n) is 3.38. The standard InChI is InChI=1S/C21H29N3O2/c1-15-7-9-17(10-8-15)20-23-18(16(2)26-20)13-19(25)22-14-21(3,4)24-11-5-6-12-24/h7-10H,5-6,11-14H2,1-4H3,(H,22,25). The minimum absolute atomic E-state index is 0.0101. The first kappa shape index (κ1) is 18.6. The summed E-state index contributed by atoms with van der Waals surface area (Å²) in [5, 5.41) is 3.07. The van der Waals surface area contributed by atoms with Crippen LogP contribution < -0.4 is 5.32 Å². The molecule has 0 saturated carbocycles. The van der Waals surface area contributed by atoms with Gasteiger partial charge in [-0.25, -0.2) is 4.98 Å². The summed E-state index contributed by atoms with van der Waals surface area (Å²) >= 11 is 0. The second kappa shape index (κ2) is 7.62. The molecule has 0 radical (unpaired) electrons. The lowest BCUT2D eigenvalue weighted by atomic mass is 10.0. The average molecular weight is 355 g/mol. The summed E-state index contributed by atoms with van der Waals surface area (Å²) < 4.78 is 5.77. The van der Waals surface area contributed by atoms with Gasteiger partial charge in [-0.05, 0) is 65.8 Å². The van der Waals surface area contributed by atoms with E-state index in [4.69, 9.17) is 4.42 Å². The number of nitrogens with one attached hydrogen (secondary N) is 1. The molecule has 2 aromatic rings. The molecule has 1 saturated heterocycles. The van der Waals surface area contributed by atoms with Gasteiger partial charge in [-0.2, -0.15) is 0 Å². The van der Waals surface area contributed by atoms with Gasteiger partial charge in [0.2, 0.25) is 11.8 Å². The van der Waals surface area contributed by atoms with Crippen LogP contribution in [0.3, 0.4) is 0 Å². The quantitative estimate of drug-likeness (QED) is 0.862. The Morgan fingerprint density at radius 1 is 1.19 bits per heavy atom. The molecule has 26 heavy (non-hydrogen) atoms. The maximum atomic E-state index is 12.4. The largest absolute Gasteiger partial charge is 0.441 e. The third-order valence-electron chi connectivity index (χ3n) is 5.20. The molecule has 0 unspecified atom stereocenters. The molecule has 140 valence electrons. The van der Waals surface area contributed by atoms with Crippen LogP contribution in [0.1, 0.15) is 43.7 Å². The van der Waals surface area contributed by atoms with Gasteiger partial charge < -0.3 is 9.73 Å². The van der Waals surface area contributed by atoms with E-state index in [1.165, 1.54) is 18.4 Å². The van der Waals surface area contributed by atoms with Gasteiger partial charge in [-0.3, -0.25) is 9.69 Å². The van der Waals surface area contributed by atoms with Gasteiger partial charge in [0.1, 0.15) is 5.76 Å². The number of rotatable bonds is 6. The van der Waals surface area contributed by atoms with Crippen LogP contribution in [0.5, 0.6) is 0 Å². The molecular weight excluding hydrogens is 326 g/mol. The summed E-state index contributed by atoms with van der Waals surface area (Å²) in [4.78, 5) is 19.4. The zero-order valence-corrected chi connectivity index (χ0v) is 16.3. The highest BCUT2D eigenvalue weighted by Gasteiger charge is 2.29. The van der Waals surface area contributed by atoms with Crippen LogP contribution in [0.4, 0.5) is 0 Å². The van der Waals surface area contributed by atoms with Crippen molar-refractivity contribution in [3.05, 3.63) is 41.3 Å². The molecule has 0 atom stereocenters. The summed E-state index contributed by atoms with van der Waals surface area (Å²) in [6.07, 6.45) is 2.74. The lowest BCUT2D eigenvalue weighted by molar-refractivity contribution is -0.121. The number of carbonyl (C=O) groups is 1. The van der Waals surface area contributed by atoms with Crippen molar-refractivity contribution in [1.82, 2.24) is 15.2 Å². The Balaban J connectivity index is 1.60. The second-order valence-electron chi connectivity index (χ2n) is 7.85. The molecule has 1 fully saturated rings. The van der Waals surface area contributed by atoms with Crippen molar-refractivity contribution < 1.29 is 9.21 Å². The Hall–Kier alpha value is -2.14. The van der Waals surface area contributed by atoms with Crippen LogP contribution in [0, 0.1) is 13.8 Å². The maximum Gasteiger partial charge on any atom is 0.226 e. The van der Waals surface area contributed by atoms with Crippen LogP contribution in [-0.4, -0.2) is 41.0 Å². The van der Waals surface area contributed by atoms with Crippen molar-refractivity contribution >= 4 is 5.91 Å².